The van der Waals surface area contributed by atoms with Crippen molar-refractivity contribution in [3.05, 3.63) is 29.5 Å². The summed E-state index contributed by atoms with van der Waals surface area (Å²) in [6, 6.07) is 6.57. The molecule has 1 aliphatic carbocycles. The van der Waals surface area contributed by atoms with Crippen LogP contribution < -0.4 is 9.62 Å². The van der Waals surface area contributed by atoms with Gasteiger partial charge in [-0.1, -0.05) is 17.4 Å². The van der Waals surface area contributed by atoms with Gasteiger partial charge in [0.1, 0.15) is 17.7 Å². The van der Waals surface area contributed by atoms with Crippen molar-refractivity contribution in [3.63, 3.8) is 0 Å². The van der Waals surface area contributed by atoms with E-state index in [2.05, 4.69) is 24.9 Å². The molecule has 0 amide bonds. The molecule has 1 saturated carbocycles. The van der Waals surface area contributed by atoms with E-state index in [1.807, 2.05) is 18.0 Å². The number of alkyl halides is 2. The van der Waals surface area contributed by atoms with E-state index in [4.69, 9.17) is 4.74 Å². The van der Waals surface area contributed by atoms with Crippen molar-refractivity contribution in [2.45, 2.75) is 42.5 Å². The third-order valence-electron chi connectivity index (χ3n) is 7.06. The number of benzene rings is 1. The van der Waals surface area contributed by atoms with Crippen LogP contribution in [0.25, 0.3) is 27.1 Å². The number of ether oxygens (including phenoxy) is 1. The quantitative estimate of drug-likeness (QED) is 0.335. The molecule has 1 aliphatic heterocycles. The second kappa shape index (κ2) is 9.70. The van der Waals surface area contributed by atoms with E-state index in [1.165, 1.54) is 23.0 Å². The highest BCUT2D eigenvalue weighted by Gasteiger charge is 2.46. The van der Waals surface area contributed by atoms with Gasteiger partial charge in [-0.15, -0.1) is 10.2 Å². The largest absolute Gasteiger partial charge is 0.381 e. The lowest BCUT2D eigenvalue weighted by Crippen LogP contribution is -2.35. The van der Waals surface area contributed by atoms with Gasteiger partial charge in [-0.2, -0.15) is 9.98 Å². The fraction of sp³-hybridized carbons (Fsp3) is 0.458. The molecule has 1 saturated heterocycles. The lowest BCUT2D eigenvalue weighted by atomic mass is 10.0. The van der Waals surface area contributed by atoms with Crippen LogP contribution in [0.4, 0.5) is 14.6 Å². The first-order valence-electron chi connectivity index (χ1n) is 12.4. The SMILES string of the molecule is CN(CC1CCCOC1)c1ncnc2c1c1ccc(S(=O)(=O)NC3(C#N)CC3)cc1n2-c1nnc(C(F)F)s1. The Kier molecular flexibility index (Phi) is 6.45. The minimum atomic E-state index is -4.05. The molecule has 4 heterocycles. The molecular formula is C24H24F2N8O3S2. The maximum atomic E-state index is 13.4. The summed E-state index contributed by atoms with van der Waals surface area (Å²) >= 11 is 0.700. The molecular weight excluding hydrogens is 550 g/mol. The average molecular weight is 575 g/mol. The molecule has 1 atom stereocenters. The van der Waals surface area contributed by atoms with Gasteiger partial charge >= 0.3 is 0 Å². The van der Waals surface area contributed by atoms with E-state index in [0.29, 0.717) is 71.0 Å². The molecule has 4 aromatic rings. The molecule has 1 N–H and O–H groups in total. The Hall–Kier alpha value is -3.32. The highest BCUT2D eigenvalue weighted by molar-refractivity contribution is 7.89. The number of nitrogens with one attached hydrogen (secondary N) is 1. The summed E-state index contributed by atoms with van der Waals surface area (Å²) < 4.78 is 62.9. The predicted molar refractivity (Wildman–Crippen MR) is 140 cm³/mol. The summed E-state index contributed by atoms with van der Waals surface area (Å²) in [5, 5.41) is 17.9. The minimum absolute atomic E-state index is 0.0682. The highest BCUT2D eigenvalue weighted by atomic mass is 32.2. The van der Waals surface area contributed by atoms with Crippen molar-refractivity contribution in [1.29, 1.82) is 5.26 Å². The molecule has 2 aliphatic rings. The van der Waals surface area contributed by atoms with Crippen LogP contribution in [0.5, 0.6) is 0 Å². The monoisotopic (exact) mass is 574 g/mol. The van der Waals surface area contributed by atoms with Crippen LogP contribution >= 0.6 is 11.3 Å². The van der Waals surface area contributed by atoms with Gasteiger partial charge in [-0.25, -0.2) is 27.2 Å². The summed E-state index contributed by atoms with van der Waals surface area (Å²) in [5.74, 6) is 0.930. The number of halogens is 2. The number of sulfonamides is 1. The van der Waals surface area contributed by atoms with Crippen molar-refractivity contribution in [3.8, 4) is 11.2 Å². The predicted octanol–water partition coefficient (Wildman–Crippen LogP) is 3.56. The normalized spacial score (nSPS) is 19.0. The van der Waals surface area contributed by atoms with Crippen molar-refractivity contribution < 1.29 is 21.9 Å². The number of fused-ring (bicyclic) bond motifs is 3. The topological polar surface area (TPSA) is 139 Å². The van der Waals surface area contributed by atoms with Crippen molar-refractivity contribution in [1.82, 2.24) is 29.5 Å². The van der Waals surface area contributed by atoms with Crippen LogP contribution in [0.2, 0.25) is 0 Å². The number of rotatable bonds is 8. The molecule has 11 nitrogen and oxygen atoms in total. The van der Waals surface area contributed by atoms with Gasteiger partial charge in [-0.05, 0) is 43.7 Å². The van der Waals surface area contributed by atoms with Crippen molar-refractivity contribution in [2.24, 2.45) is 5.92 Å². The van der Waals surface area contributed by atoms with Crippen molar-refractivity contribution >= 4 is 49.1 Å². The Morgan fingerprint density at radius 1 is 1.33 bits per heavy atom. The van der Waals surface area contributed by atoms with Crippen LogP contribution in [0.3, 0.4) is 0 Å². The number of nitrogens with zero attached hydrogens (tertiary/aromatic N) is 7. The first-order chi connectivity index (χ1) is 18.7. The zero-order valence-electron chi connectivity index (χ0n) is 20.8. The smallest absolute Gasteiger partial charge is 0.291 e. The summed E-state index contributed by atoms with van der Waals surface area (Å²) in [6.07, 6.45) is 1.46. The molecule has 1 unspecified atom stereocenters. The number of aromatic nitrogens is 5. The Balaban J connectivity index is 1.52. The Morgan fingerprint density at radius 2 is 2.15 bits per heavy atom. The maximum Gasteiger partial charge on any atom is 0.291 e. The molecule has 204 valence electrons. The number of anilines is 1. The van der Waals surface area contributed by atoms with Gasteiger partial charge in [0.2, 0.25) is 15.2 Å². The van der Waals surface area contributed by atoms with Gasteiger partial charge in [0, 0.05) is 25.6 Å². The zero-order valence-corrected chi connectivity index (χ0v) is 22.5. The lowest BCUT2D eigenvalue weighted by Gasteiger charge is -2.28. The van der Waals surface area contributed by atoms with Crippen LogP contribution in [-0.4, -0.2) is 65.5 Å². The molecule has 3 aromatic heterocycles. The third kappa shape index (κ3) is 4.71. The number of hydrogen-bond acceptors (Lipinski definition) is 10. The average Bonchev–Trinajstić information content (AvgIpc) is 3.37. The summed E-state index contributed by atoms with van der Waals surface area (Å²) in [6.45, 7) is 2.09. The van der Waals surface area contributed by atoms with Crippen LogP contribution in [0, 0.1) is 17.2 Å². The van der Waals surface area contributed by atoms with E-state index in [0.717, 1.165) is 19.4 Å². The second-order valence-corrected chi connectivity index (χ2v) is 12.6. The van der Waals surface area contributed by atoms with Crippen molar-refractivity contribution in [2.75, 3.05) is 31.7 Å². The van der Waals surface area contributed by atoms with E-state index in [1.54, 1.807) is 6.07 Å². The van der Waals surface area contributed by atoms with Gasteiger partial charge in [-0.3, -0.25) is 4.57 Å². The van der Waals surface area contributed by atoms with Crippen LogP contribution in [0.1, 0.15) is 37.1 Å². The molecule has 15 heteroatoms. The van der Waals surface area contributed by atoms with E-state index in [9.17, 15) is 22.5 Å². The van der Waals surface area contributed by atoms with E-state index in [-0.39, 0.29) is 10.0 Å². The molecule has 2 fully saturated rings. The van der Waals surface area contributed by atoms with E-state index < -0.39 is 27.0 Å². The van der Waals surface area contributed by atoms with Crippen LogP contribution in [0.15, 0.2) is 29.4 Å². The number of hydrogen-bond donors (Lipinski definition) is 1. The highest BCUT2D eigenvalue weighted by Crippen LogP contribution is 2.40. The van der Waals surface area contributed by atoms with Gasteiger partial charge in [0.05, 0.1) is 28.5 Å². The molecule has 39 heavy (non-hydrogen) atoms. The maximum absolute atomic E-state index is 13.4. The van der Waals surface area contributed by atoms with Gasteiger partial charge < -0.3 is 9.64 Å². The molecule has 1 aromatic carbocycles. The van der Waals surface area contributed by atoms with Crippen LogP contribution in [-0.2, 0) is 14.8 Å². The summed E-state index contributed by atoms with van der Waals surface area (Å²) in [4.78, 5) is 10.9. The third-order valence-corrected chi connectivity index (χ3v) is 9.51. The summed E-state index contributed by atoms with van der Waals surface area (Å²) in [5.41, 5.74) is -0.324. The number of nitriles is 1. The Bertz CT molecular complexity index is 1710. The zero-order chi connectivity index (χ0) is 27.4. The Morgan fingerprint density at radius 3 is 2.82 bits per heavy atom. The first kappa shape index (κ1) is 25.9. The molecule has 0 bridgehead atoms. The Labute approximate surface area is 226 Å². The fourth-order valence-electron chi connectivity index (χ4n) is 4.96. The molecule has 0 radical (unpaired) electrons. The lowest BCUT2D eigenvalue weighted by molar-refractivity contribution is 0.0576. The summed E-state index contributed by atoms with van der Waals surface area (Å²) in [7, 11) is -2.13. The van der Waals surface area contributed by atoms with Gasteiger partial charge in [0.25, 0.3) is 6.43 Å². The second-order valence-electron chi connectivity index (χ2n) is 9.90. The first-order valence-corrected chi connectivity index (χ1v) is 14.7. The van der Waals surface area contributed by atoms with E-state index >= 15 is 0 Å². The minimum Gasteiger partial charge on any atom is -0.381 e. The van der Waals surface area contributed by atoms with Gasteiger partial charge in [0.15, 0.2) is 10.7 Å². The fourth-order valence-corrected chi connectivity index (χ4v) is 7.07. The molecule has 0 spiro atoms. The standard InChI is InChI=1S/C24H24F2N8O3S2/c1-33(10-14-3-2-8-37-11-14)20-18-16-5-4-15(39(35,36)32-24(12-27)6-7-24)9-17(16)34(21(18)29-13-28-20)23-31-30-22(38-23)19(25)26/h4-5,9,13-14,19,32H,2-3,6-8,10-11H2,1H3. The molecule has 6 rings (SSSR count).